The molecule has 0 heterocycles. The van der Waals surface area contributed by atoms with Crippen molar-refractivity contribution < 1.29 is 0 Å². The summed E-state index contributed by atoms with van der Waals surface area (Å²) < 4.78 is 0. The second-order valence-electron chi connectivity index (χ2n) is 0.957. The van der Waals surface area contributed by atoms with Crippen LogP contribution >= 0.6 is 0 Å². The standard InChI is InChI=1S/C4H7/c1-4(2)3/h1-2H2,3H3. The van der Waals surface area contributed by atoms with Gasteiger partial charge in [0.1, 0.15) is 0 Å². The molecule has 0 nitrogen and oxygen atoms in total. The minimum atomic E-state index is 0.917. The summed E-state index contributed by atoms with van der Waals surface area (Å²) in [4.78, 5) is 0. The van der Waals surface area contributed by atoms with E-state index in [9.17, 15) is 0 Å². The average Bonchev–Trinajstić information content (AvgIpc) is 0.811. The summed E-state index contributed by atoms with van der Waals surface area (Å²) in [7, 11) is 0. The number of rotatable bonds is 0. The van der Waals surface area contributed by atoms with Crippen molar-refractivity contribution in [3.8, 4) is 0 Å². The van der Waals surface area contributed by atoms with Gasteiger partial charge in [-0.3, -0.25) is 0 Å². The van der Waals surface area contributed by atoms with E-state index in [0.717, 1.165) is 5.57 Å². The van der Waals surface area contributed by atoms with Gasteiger partial charge in [-0.15, -0.1) is 6.58 Å². The van der Waals surface area contributed by atoms with E-state index >= 15 is 0 Å². The molecule has 0 atom stereocenters. The van der Waals surface area contributed by atoms with Gasteiger partial charge in [0, 0.05) is 0 Å². The fourth-order valence-corrected chi connectivity index (χ4v) is 0. The summed E-state index contributed by atoms with van der Waals surface area (Å²) >= 11 is 0. The summed E-state index contributed by atoms with van der Waals surface area (Å²) in [6, 6.07) is 0. The smallest absolute Gasteiger partial charge is 0.0289 e. The van der Waals surface area contributed by atoms with Gasteiger partial charge < -0.3 is 0 Å². The Morgan fingerprint density at radius 2 is 1.75 bits per heavy atom. The van der Waals surface area contributed by atoms with Gasteiger partial charge in [-0.25, -0.2) is 0 Å². The van der Waals surface area contributed by atoms with Gasteiger partial charge in [0.2, 0.25) is 0 Å². The van der Waals surface area contributed by atoms with Crippen LogP contribution in [0.4, 0.5) is 0 Å². The first-order valence-corrected chi connectivity index (χ1v) is 1.21. The van der Waals surface area contributed by atoms with E-state index < -0.39 is 0 Å². The van der Waals surface area contributed by atoms with E-state index in [1.165, 1.54) is 0 Å². The lowest BCUT2D eigenvalue weighted by Crippen LogP contribution is -1.44. The molecule has 0 amide bonds. The van der Waals surface area contributed by atoms with E-state index in [2.05, 4.69) is 13.5 Å². The lowest BCUT2D eigenvalue weighted by atomic mass is 10.4. The first-order chi connectivity index (χ1) is 1.73. The molecule has 0 fully saturated rings. The lowest BCUT2D eigenvalue weighted by Gasteiger charge is -1.65. The Morgan fingerprint density at radius 3 is 1.75 bits per heavy atom. The fraction of sp³-hybridized carbons (Fsp3) is 0.250. The molecule has 0 aliphatic rings. The molecule has 0 spiro atoms. The summed E-state index contributed by atoms with van der Waals surface area (Å²) in [5.41, 5.74) is 0.917. The Balaban J connectivity index is 2.80. The van der Waals surface area contributed by atoms with Gasteiger partial charge in [0.05, 0.1) is 0 Å². The van der Waals surface area contributed by atoms with Gasteiger partial charge in [0.25, 0.3) is 0 Å². The first-order valence-electron chi connectivity index (χ1n) is 1.21. The van der Waals surface area contributed by atoms with Crippen LogP contribution in [0.3, 0.4) is 0 Å². The molecule has 1 radical (unpaired) electrons. The summed E-state index contributed by atoms with van der Waals surface area (Å²) in [5, 5.41) is 0. The Bertz CT molecular complexity index is 23.0. The molecule has 0 aromatic carbocycles. The predicted octanol–water partition coefficient (Wildman–Crippen LogP) is 1.40. The van der Waals surface area contributed by atoms with Crippen LogP contribution in [0.2, 0.25) is 0 Å². The van der Waals surface area contributed by atoms with Gasteiger partial charge in [-0.05, 0) is 13.8 Å². The number of allylic oxidation sites excluding steroid dienone is 1. The van der Waals surface area contributed by atoms with Crippen molar-refractivity contribution in [1.82, 2.24) is 0 Å². The van der Waals surface area contributed by atoms with E-state index in [1.54, 1.807) is 0 Å². The molecule has 4 heavy (non-hydrogen) atoms. The molecule has 0 heteroatoms. The number of hydrogen-bond donors (Lipinski definition) is 0. The van der Waals surface area contributed by atoms with Crippen LogP contribution in [0.5, 0.6) is 0 Å². The second-order valence-corrected chi connectivity index (χ2v) is 0.957. The summed E-state index contributed by atoms with van der Waals surface area (Å²) in [6.45, 7) is 8.75. The van der Waals surface area contributed by atoms with Crippen LogP contribution in [0.25, 0.3) is 0 Å². The molecule has 0 unspecified atom stereocenters. The molecule has 0 aliphatic heterocycles. The zero-order chi connectivity index (χ0) is 3.58. The molecule has 0 saturated carbocycles. The van der Waals surface area contributed by atoms with Crippen LogP contribution in [0, 0.1) is 6.92 Å². The fourth-order valence-electron chi connectivity index (χ4n) is 0. The maximum absolute atomic E-state index is 3.44. The molecular formula is C4H7. The Labute approximate surface area is 27.1 Å². The minimum absolute atomic E-state index is 0.917. The lowest BCUT2D eigenvalue weighted by molar-refractivity contribution is 1.58. The van der Waals surface area contributed by atoms with Crippen molar-refractivity contribution in [3.63, 3.8) is 0 Å². The topological polar surface area (TPSA) is 0 Å². The third kappa shape index (κ3) is 14.1. The Kier molecular flexibility index (Phi) is 1.03. The third-order valence-electron chi connectivity index (χ3n) is 0. The molecule has 0 saturated heterocycles. The molecule has 0 rings (SSSR count). The van der Waals surface area contributed by atoms with Crippen molar-refractivity contribution in [1.29, 1.82) is 0 Å². The summed E-state index contributed by atoms with van der Waals surface area (Å²) in [5.74, 6) is 0. The second kappa shape index (κ2) is 1.10. The molecule has 0 aromatic rings. The van der Waals surface area contributed by atoms with Gasteiger partial charge >= 0.3 is 0 Å². The maximum Gasteiger partial charge on any atom is -0.0289 e. The van der Waals surface area contributed by atoms with Crippen LogP contribution in [-0.2, 0) is 0 Å². The highest BCUT2D eigenvalue weighted by Gasteiger charge is 1.52. The van der Waals surface area contributed by atoms with Gasteiger partial charge in [0.15, 0.2) is 0 Å². The van der Waals surface area contributed by atoms with Crippen LogP contribution < -0.4 is 0 Å². The highest BCUT2D eigenvalue weighted by Crippen LogP contribution is 1.72. The monoisotopic (exact) mass is 55.1 g/mol. The third-order valence-corrected chi connectivity index (χ3v) is 0. The minimum Gasteiger partial charge on any atom is -0.100 e. The molecule has 0 bridgehead atoms. The van der Waals surface area contributed by atoms with Crippen molar-refractivity contribution in [2.75, 3.05) is 0 Å². The highest BCUT2D eigenvalue weighted by molar-refractivity contribution is 4.90. The molecule has 0 aliphatic carbocycles. The zero-order valence-electron chi connectivity index (χ0n) is 2.91. The van der Waals surface area contributed by atoms with Crippen molar-refractivity contribution >= 4 is 0 Å². The summed E-state index contributed by atoms with van der Waals surface area (Å²) in [6.07, 6.45) is 0. The molecule has 23 valence electrons. The van der Waals surface area contributed by atoms with Crippen molar-refractivity contribution in [2.24, 2.45) is 0 Å². The van der Waals surface area contributed by atoms with E-state index in [-0.39, 0.29) is 0 Å². The maximum atomic E-state index is 3.44. The van der Waals surface area contributed by atoms with Crippen LogP contribution in [0.1, 0.15) is 6.92 Å². The quantitative estimate of drug-likeness (QED) is 0.393. The normalized spacial score (nSPS) is 6.50. The average molecular weight is 55.1 g/mol. The number of hydrogen-bond acceptors (Lipinski definition) is 0. The highest BCUT2D eigenvalue weighted by atomic mass is 13.6. The van der Waals surface area contributed by atoms with E-state index in [1.807, 2.05) is 6.92 Å². The van der Waals surface area contributed by atoms with Crippen LogP contribution in [0.15, 0.2) is 12.2 Å². The van der Waals surface area contributed by atoms with Gasteiger partial charge in [-0.1, -0.05) is 5.57 Å². The van der Waals surface area contributed by atoms with Gasteiger partial charge in [-0.2, -0.15) is 0 Å². The Morgan fingerprint density at radius 1 is 1.75 bits per heavy atom. The molecule has 0 N–H and O–H groups in total. The van der Waals surface area contributed by atoms with Crippen molar-refractivity contribution in [2.45, 2.75) is 6.92 Å². The SMILES string of the molecule is [CH2]C(=C)C. The predicted molar refractivity (Wildman–Crippen MR) is 20.2 cm³/mol. The Hall–Kier alpha value is -0.260. The first kappa shape index (κ1) is 3.74. The molecule has 0 aromatic heterocycles. The van der Waals surface area contributed by atoms with E-state index in [0.29, 0.717) is 0 Å². The van der Waals surface area contributed by atoms with Crippen LogP contribution in [-0.4, -0.2) is 0 Å². The van der Waals surface area contributed by atoms with Crippen molar-refractivity contribution in [3.05, 3.63) is 19.1 Å². The van der Waals surface area contributed by atoms with E-state index in [4.69, 9.17) is 0 Å². The largest absolute Gasteiger partial charge is 0.100 e. The zero-order valence-corrected chi connectivity index (χ0v) is 2.91. The molecular weight excluding hydrogens is 48.0 g/mol.